The van der Waals surface area contributed by atoms with Crippen LogP contribution in [0.5, 0.6) is 0 Å². The molecule has 0 bridgehead atoms. The molecule has 2 aromatic rings. The highest BCUT2D eigenvalue weighted by Crippen LogP contribution is 2.26. The summed E-state index contributed by atoms with van der Waals surface area (Å²) in [6.45, 7) is 9.80. The third-order valence-corrected chi connectivity index (χ3v) is 3.89. The Bertz CT molecular complexity index is 566. The predicted octanol–water partition coefficient (Wildman–Crippen LogP) is 3.60. The Balaban J connectivity index is 2.42. The first-order valence-corrected chi connectivity index (χ1v) is 7.05. The zero-order valence-electron chi connectivity index (χ0n) is 11.9. The smallest absolute Gasteiger partial charge is 0.202 e. The number of aromatic nitrogens is 3. The largest absolute Gasteiger partial charge is 0.369 e. The number of rotatable bonds is 4. The molecule has 0 fully saturated rings. The summed E-state index contributed by atoms with van der Waals surface area (Å²) >= 11 is 5.93. The molecule has 0 aliphatic carbocycles. The van der Waals surface area contributed by atoms with E-state index in [0.29, 0.717) is 28.7 Å². The normalized spacial score (nSPS) is 12.2. The van der Waals surface area contributed by atoms with Gasteiger partial charge >= 0.3 is 0 Å². The van der Waals surface area contributed by atoms with Crippen LogP contribution >= 0.6 is 11.6 Å². The predicted molar refractivity (Wildman–Crippen MR) is 80.1 cm³/mol. The van der Waals surface area contributed by atoms with Crippen LogP contribution in [0.15, 0.2) is 12.3 Å². The average molecular weight is 281 g/mol. The molecule has 0 aliphatic rings. The molecule has 0 spiro atoms. The van der Waals surface area contributed by atoms with Gasteiger partial charge in [0.2, 0.25) is 5.95 Å². The zero-order valence-corrected chi connectivity index (χ0v) is 12.6. The van der Waals surface area contributed by atoms with Crippen LogP contribution in [0.25, 0.3) is 11.2 Å². The van der Waals surface area contributed by atoms with Crippen LogP contribution in [0.4, 0.5) is 5.95 Å². The van der Waals surface area contributed by atoms with Crippen LogP contribution in [-0.4, -0.2) is 14.5 Å². The molecule has 2 heterocycles. The highest BCUT2D eigenvalue weighted by molar-refractivity contribution is 6.31. The topological polar surface area (TPSA) is 56.7 Å². The molecular formula is C14H21ClN4. The monoisotopic (exact) mass is 280 g/mol. The van der Waals surface area contributed by atoms with Crippen LogP contribution in [-0.2, 0) is 6.54 Å². The minimum Gasteiger partial charge on any atom is -0.369 e. The average Bonchev–Trinajstić information content (AvgIpc) is 2.60. The number of nitrogens with two attached hydrogens (primary N) is 1. The summed E-state index contributed by atoms with van der Waals surface area (Å²) in [5.74, 6) is 2.22. The van der Waals surface area contributed by atoms with E-state index in [1.54, 1.807) is 12.3 Å². The second-order valence-corrected chi connectivity index (χ2v) is 6.17. The highest BCUT2D eigenvalue weighted by atomic mass is 35.5. The summed E-state index contributed by atoms with van der Waals surface area (Å²) in [7, 11) is 0. The molecular weight excluding hydrogens is 260 g/mol. The first-order chi connectivity index (χ1) is 8.90. The van der Waals surface area contributed by atoms with E-state index in [4.69, 9.17) is 17.3 Å². The Morgan fingerprint density at radius 3 is 2.47 bits per heavy atom. The van der Waals surface area contributed by atoms with Crippen molar-refractivity contribution in [3.63, 3.8) is 0 Å². The van der Waals surface area contributed by atoms with Gasteiger partial charge in [-0.2, -0.15) is 0 Å². The van der Waals surface area contributed by atoms with E-state index in [9.17, 15) is 0 Å². The highest BCUT2D eigenvalue weighted by Gasteiger charge is 2.21. The molecule has 19 heavy (non-hydrogen) atoms. The molecule has 104 valence electrons. The Labute approximate surface area is 119 Å². The molecule has 0 radical (unpaired) electrons. The third kappa shape index (κ3) is 2.84. The van der Waals surface area contributed by atoms with Gasteiger partial charge in [0.25, 0.3) is 0 Å². The minimum atomic E-state index is 0.510. The maximum atomic E-state index is 6.02. The van der Waals surface area contributed by atoms with Gasteiger partial charge in [0.05, 0.1) is 5.02 Å². The first-order valence-electron chi connectivity index (χ1n) is 6.67. The fourth-order valence-electron chi connectivity index (χ4n) is 2.59. The van der Waals surface area contributed by atoms with Crippen molar-refractivity contribution < 1.29 is 0 Å². The lowest BCUT2D eigenvalue weighted by atomic mass is 9.85. The standard InChI is InChI=1S/C14H21ClN4/c1-8(2)11(9(3)4)7-19-13-12(18-14(19)16)5-10(15)6-17-13/h5-6,8-9,11H,7H2,1-4H3,(H2,16,18). The second kappa shape index (κ2) is 5.37. The van der Waals surface area contributed by atoms with E-state index in [1.807, 2.05) is 4.57 Å². The third-order valence-electron chi connectivity index (χ3n) is 3.69. The van der Waals surface area contributed by atoms with Gasteiger partial charge in [0, 0.05) is 12.7 Å². The fourth-order valence-corrected chi connectivity index (χ4v) is 2.74. The molecule has 0 amide bonds. The van der Waals surface area contributed by atoms with Crippen molar-refractivity contribution in [3.8, 4) is 0 Å². The van der Waals surface area contributed by atoms with Crippen molar-refractivity contribution >= 4 is 28.7 Å². The Kier molecular flexibility index (Phi) is 3.99. The number of fused-ring (bicyclic) bond motifs is 1. The number of pyridine rings is 1. The van der Waals surface area contributed by atoms with E-state index < -0.39 is 0 Å². The van der Waals surface area contributed by atoms with Gasteiger partial charge in [-0.3, -0.25) is 4.57 Å². The lowest BCUT2D eigenvalue weighted by Crippen LogP contribution is -2.22. The molecule has 5 heteroatoms. The molecule has 0 saturated heterocycles. The van der Waals surface area contributed by atoms with Crippen molar-refractivity contribution in [2.45, 2.75) is 34.2 Å². The van der Waals surface area contributed by atoms with E-state index in [1.165, 1.54) is 0 Å². The molecule has 4 nitrogen and oxygen atoms in total. The second-order valence-electron chi connectivity index (χ2n) is 5.73. The minimum absolute atomic E-state index is 0.510. The SMILES string of the molecule is CC(C)C(Cn1c(N)nc2cc(Cl)cnc21)C(C)C. The van der Waals surface area contributed by atoms with Gasteiger partial charge in [0.1, 0.15) is 5.52 Å². The van der Waals surface area contributed by atoms with E-state index in [-0.39, 0.29) is 0 Å². The maximum Gasteiger partial charge on any atom is 0.202 e. The van der Waals surface area contributed by atoms with Gasteiger partial charge in [-0.15, -0.1) is 0 Å². The number of halogens is 1. The van der Waals surface area contributed by atoms with Crippen LogP contribution in [0, 0.1) is 17.8 Å². The number of nitrogen functional groups attached to an aromatic ring is 1. The van der Waals surface area contributed by atoms with E-state index in [0.717, 1.165) is 17.7 Å². The van der Waals surface area contributed by atoms with Crippen molar-refractivity contribution in [1.82, 2.24) is 14.5 Å². The molecule has 0 unspecified atom stereocenters. The Morgan fingerprint density at radius 2 is 1.89 bits per heavy atom. The molecule has 0 aliphatic heterocycles. The summed E-state index contributed by atoms with van der Waals surface area (Å²) < 4.78 is 2.00. The molecule has 2 N–H and O–H groups in total. The number of nitrogens with zero attached hydrogens (tertiary/aromatic N) is 3. The van der Waals surface area contributed by atoms with Crippen molar-refractivity contribution in [1.29, 1.82) is 0 Å². The number of hydrogen-bond donors (Lipinski definition) is 1. The van der Waals surface area contributed by atoms with Crippen LogP contribution in [0.3, 0.4) is 0 Å². The van der Waals surface area contributed by atoms with Crippen LogP contribution in [0.2, 0.25) is 5.02 Å². The van der Waals surface area contributed by atoms with Crippen molar-refractivity contribution in [2.75, 3.05) is 5.73 Å². The Morgan fingerprint density at radius 1 is 1.26 bits per heavy atom. The number of hydrogen-bond acceptors (Lipinski definition) is 3. The van der Waals surface area contributed by atoms with Gasteiger partial charge in [-0.25, -0.2) is 9.97 Å². The lowest BCUT2D eigenvalue weighted by Gasteiger charge is -2.25. The molecule has 0 saturated carbocycles. The molecule has 0 aromatic carbocycles. The molecule has 0 atom stereocenters. The summed E-state index contributed by atoms with van der Waals surface area (Å²) in [5, 5.41) is 0.585. The summed E-state index contributed by atoms with van der Waals surface area (Å²) in [4.78, 5) is 8.70. The van der Waals surface area contributed by atoms with Gasteiger partial charge < -0.3 is 5.73 Å². The summed E-state index contributed by atoms with van der Waals surface area (Å²) in [5.41, 5.74) is 7.59. The zero-order chi connectivity index (χ0) is 14.2. The molecule has 2 rings (SSSR count). The summed E-state index contributed by atoms with van der Waals surface area (Å²) in [6, 6.07) is 1.80. The first kappa shape index (κ1) is 14.1. The maximum absolute atomic E-state index is 6.02. The van der Waals surface area contributed by atoms with Crippen LogP contribution in [0.1, 0.15) is 27.7 Å². The van der Waals surface area contributed by atoms with E-state index >= 15 is 0 Å². The quantitative estimate of drug-likeness (QED) is 0.931. The van der Waals surface area contributed by atoms with E-state index in [2.05, 4.69) is 37.7 Å². The molecule has 2 aromatic heterocycles. The van der Waals surface area contributed by atoms with Gasteiger partial charge in [0.15, 0.2) is 5.65 Å². The van der Waals surface area contributed by atoms with Crippen molar-refractivity contribution in [3.05, 3.63) is 17.3 Å². The summed E-state index contributed by atoms with van der Waals surface area (Å²) in [6.07, 6.45) is 1.64. The fraction of sp³-hybridized carbons (Fsp3) is 0.571. The number of imidazole rings is 1. The van der Waals surface area contributed by atoms with Gasteiger partial charge in [-0.1, -0.05) is 39.3 Å². The number of anilines is 1. The lowest BCUT2D eigenvalue weighted by molar-refractivity contribution is 0.255. The van der Waals surface area contributed by atoms with Crippen LogP contribution < -0.4 is 5.73 Å². The van der Waals surface area contributed by atoms with Crippen molar-refractivity contribution in [2.24, 2.45) is 17.8 Å². The van der Waals surface area contributed by atoms with Gasteiger partial charge in [-0.05, 0) is 23.8 Å². The Hall–Kier alpha value is -1.29.